The molecule has 1 N–H and O–H groups in total. The number of hydrogen-bond acceptors (Lipinski definition) is 4. The minimum absolute atomic E-state index is 0.00835. The first-order valence-electron chi connectivity index (χ1n) is 6.79. The first-order valence-corrected chi connectivity index (χ1v) is 7.61. The topological polar surface area (TPSA) is 64.0 Å². The highest BCUT2D eigenvalue weighted by molar-refractivity contribution is 7.09. The van der Waals surface area contributed by atoms with E-state index in [1.54, 1.807) is 4.57 Å². The van der Waals surface area contributed by atoms with Gasteiger partial charge in [0, 0.05) is 29.2 Å². The van der Waals surface area contributed by atoms with Crippen molar-refractivity contribution in [1.82, 2.24) is 9.55 Å². The standard InChI is InChI=1S/C15H19N3O2S/c1-9-5-6-13(10(2)16-9)17-14(19)7-8-18-11(3)12(4)21-15(18)20/h5-6H,7-8H2,1-4H3,(H,17,19). The van der Waals surface area contributed by atoms with Crippen LogP contribution in [0.5, 0.6) is 0 Å². The maximum atomic E-state index is 12.0. The molecule has 0 fully saturated rings. The molecule has 2 heterocycles. The van der Waals surface area contributed by atoms with Gasteiger partial charge in [-0.1, -0.05) is 11.3 Å². The third-order valence-corrected chi connectivity index (χ3v) is 4.43. The molecule has 21 heavy (non-hydrogen) atoms. The second-order valence-corrected chi connectivity index (χ2v) is 6.21. The molecular formula is C15H19N3O2S. The van der Waals surface area contributed by atoms with Gasteiger partial charge >= 0.3 is 4.87 Å². The van der Waals surface area contributed by atoms with Gasteiger partial charge in [0.05, 0.1) is 11.4 Å². The molecule has 2 rings (SSSR count). The second kappa shape index (κ2) is 6.22. The summed E-state index contributed by atoms with van der Waals surface area (Å²) in [7, 11) is 0. The fourth-order valence-electron chi connectivity index (χ4n) is 2.09. The molecule has 2 aromatic rings. The number of rotatable bonds is 4. The van der Waals surface area contributed by atoms with Crippen molar-refractivity contribution in [3.63, 3.8) is 0 Å². The number of thiazole rings is 1. The molecule has 0 saturated heterocycles. The number of nitrogens with zero attached hydrogens (tertiary/aromatic N) is 2. The van der Waals surface area contributed by atoms with Gasteiger partial charge < -0.3 is 9.88 Å². The lowest BCUT2D eigenvalue weighted by atomic mass is 10.2. The van der Waals surface area contributed by atoms with Crippen LogP contribution in [0.25, 0.3) is 0 Å². The van der Waals surface area contributed by atoms with Gasteiger partial charge in [-0.2, -0.15) is 0 Å². The van der Waals surface area contributed by atoms with Crippen molar-refractivity contribution >= 4 is 22.9 Å². The Kier molecular flexibility index (Phi) is 4.57. The van der Waals surface area contributed by atoms with Gasteiger partial charge in [0.2, 0.25) is 5.91 Å². The molecule has 0 radical (unpaired) electrons. The van der Waals surface area contributed by atoms with Crippen LogP contribution >= 0.6 is 11.3 Å². The van der Waals surface area contributed by atoms with Gasteiger partial charge in [-0.15, -0.1) is 0 Å². The number of anilines is 1. The Morgan fingerprint density at radius 1 is 1.29 bits per heavy atom. The molecule has 0 aromatic carbocycles. The SMILES string of the molecule is Cc1ccc(NC(=O)CCn2c(C)c(C)sc2=O)c(C)n1. The summed E-state index contributed by atoms with van der Waals surface area (Å²) in [6, 6.07) is 3.71. The zero-order valence-electron chi connectivity index (χ0n) is 12.7. The van der Waals surface area contributed by atoms with Crippen LogP contribution in [0.15, 0.2) is 16.9 Å². The van der Waals surface area contributed by atoms with Gasteiger partial charge in [0.1, 0.15) is 0 Å². The predicted molar refractivity (Wildman–Crippen MR) is 85.0 cm³/mol. The monoisotopic (exact) mass is 305 g/mol. The highest BCUT2D eigenvalue weighted by Crippen LogP contribution is 2.14. The molecule has 2 aromatic heterocycles. The van der Waals surface area contributed by atoms with E-state index in [1.165, 1.54) is 11.3 Å². The Hall–Kier alpha value is -1.95. The number of carbonyl (C=O) groups excluding carboxylic acids is 1. The van der Waals surface area contributed by atoms with Crippen molar-refractivity contribution in [3.8, 4) is 0 Å². The van der Waals surface area contributed by atoms with Gasteiger partial charge in [0.25, 0.3) is 0 Å². The minimum Gasteiger partial charge on any atom is -0.324 e. The molecule has 5 nitrogen and oxygen atoms in total. The Balaban J connectivity index is 2.01. The molecule has 1 amide bonds. The molecule has 0 atom stereocenters. The number of hydrogen-bond donors (Lipinski definition) is 1. The summed E-state index contributed by atoms with van der Waals surface area (Å²) in [4.78, 5) is 29.1. The van der Waals surface area contributed by atoms with Crippen LogP contribution in [-0.2, 0) is 11.3 Å². The quantitative estimate of drug-likeness (QED) is 0.944. The molecule has 0 aliphatic carbocycles. The average molecular weight is 305 g/mol. The van der Waals surface area contributed by atoms with Crippen LogP contribution in [0.4, 0.5) is 5.69 Å². The van der Waals surface area contributed by atoms with E-state index < -0.39 is 0 Å². The summed E-state index contributed by atoms with van der Waals surface area (Å²) in [6.07, 6.45) is 0.268. The van der Waals surface area contributed by atoms with Gasteiger partial charge in [-0.3, -0.25) is 14.6 Å². The van der Waals surface area contributed by atoms with Crippen LogP contribution in [-0.4, -0.2) is 15.5 Å². The number of carbonyl (C=O) groups is 1. The van der Waals surface area contributed by atoms with Crippen LogP contribution in [0, 0.1) is 27.7 Å². The second-order valence-electron chi connectivity index (χ2n) is 5.04. The fourth-order valence-corrected chi connectivity index (χ4v) is 2.95. The summed E-state index contributed by atoms with van der Waals surface area (Å²) in [6.45, 7) is 7.99. The van der Waals surface area contributed by atoms with Crippen LogP contribution in [0.3, 0.4) is 0 Å². The lowest BCUT2D eigenvalue weighted by molar-refractivity contribution is -0.116. The summed E-state index contributed by atoms with van der Waals surface area (Å²) >= 11 is 1.22. The molecule has 0 bridgehead atoms. The number of aryl methyl sites for hydroxylation is 3. The molecular weight excluding hydrogens is 286 g/mol. The van der Waals surface area contributed by atoms with Gasteiger partial charge in [-0.05, 0) is 39.8 Å². The van der Waals surface area contributed by atoms with Crippen molar-refractivity contribution < 1.29 is 4.79 Å². The van der Waals surface area contributed by atoms with Crippen molar-refractivity contribution in [2.45, 2.75) is 40.7 Å². The maximum Gasteiger partial charge on any atom is 0.307 e. The lowest BCUT2D eigenvalue weighted by Gasteiger charge is -2.09. The summed E-state index contributed by atoms with van der Waals surface area (Å²) < 4.78 is 1.65. The van der Waals surface area contributed by atoms with Gasteiger partial charge in [0.15, 0.2) is 0 Å². The van der Waals surface area contributed by atoms with Crippen molar-refractivity contribution in [2.75, 3.05) is 5.32 Å². The molecule has 0 saturated carbocycles. The largest absolute Gasteiger partial charge is 0.324 e. The summed E-state index contributed by atoms with van der Waals surface area (Å²) in [5.41, 5.74) is 3.37. The van der Waals surface area contributed by atoms with E-state index in [0.717, 1.165) is 27.6 Å². The van der Waals surface area contributed by atoms with Crippen molar-refractivity contribution in [3.05, 3.63) is 43.8 Å². The van der Waals surface area contributed by atoms with E-state index in [-0.39, 0.29) is 17.2 Å². The smallest absolute Gasteiger partial charge is 0.307 e. The third-order valence-electron chi connectivity index (χ3n) is 3.44. The molecule has 112 valence electrons. The fraction of sp³-hybridized carbons (Fsp3) is 0.400. The molecule has 0 aliphatic heterocycles. The molecule has 0 unspecified atom stereocenters. The van der Waals surface area contributed by atoms with Gasteiger partial charge in [-0.25, -0.2) is 0 Å². The highest BCUT2D eigenvalue weighted by Gasteiger charge is 2.10. The van der Waals surface area contributed by atoms with Crippen LogP contribution < -0.4 is 10.2 Å². The Bertz CT molecular complexity index is 731. The minimum atomic E-state index is -0.112. The van der Waals surface area contributed by atoms with Crippen molar-refractivity contribution in [1.29, 1.82) is 0 Å². The van der Waals surface area contributed by atoms with E-state index in [0.29, 0.717) is 6.54 Å². The predicted octanol–water partition coefficient (Wildman–Crippen LogP) is 2.57. The number of amides is 1. The van der Waals surface area contributed by atoms with E-state index in [1.807, 2.05) is 39.8 Å². The Morgan fingerprint density at radius 3 is 2.57 bits per heavy atom. The zero-order chi connectivity index (χ0) is 15.6. The lowest BCUT2D eigenvalue weighted by Crippen LogP contribution is -2.20. The van der Waals surface area contributed by atoms with Crippen LogP contribution in [0.2, 0.25) is 0 Å². The van der Waals surface area contributed by atoms with Crippen LogP contribution in [0.1, 0.15) is 28.4 Å². The van der Waals surface area contributed by atoms with Crippen molar-refractivity contribution in [2.24, 2.45) is 0 Å². The average Bonchev–Trinajstić information content (AvgIpc) is 2.65. The Morgan fingerprint density at radius 2 is 2.00 bits per heavy atom. The van der Waals surface area contributed by atoms with E-state index in [9.17, 15) is 9.59 Å². The maximum absolute atomic E-state index is 12.0. The zero-order valence-corrected chi connectivity index (χ0v) is 13.5. The third kappa shape index (κ3) is 3.58. The molecule has 0 aliphatic rings. The molecule has 6 heteroatoms. The van der Waals surface area contributed by atoms with E-state index in [4.69, 9.17) is 0 Å². The van der Waals surface area contributed by atoms with E-state index >= 15 is 0 Å². The summed E-state index contributed by atoms with van der Waals surface area (Å²) in [5.74, 6) is -0.112. The first-order chi connectivity index (χ1) is 9.88. The number of pyridine rings is 1. The first kappa shape index (κ1) is 15.4. The summed E-state index contributed by atoms with van der Waals surface area (Å²) in [5, 5.41) is 2.84. The molecule has 0 spiro atoms. The van der Waals surface area contributed by atoms with E-state index in [2.05, 4.69) is 10.3 Å². The Labute approximate surface area is 127 Å². The number of aromatic nitrogens is 2. The number of nitrogens with one attached hydrogen (secondary N) is 1. The highest BCUT2D eigenvalue weighted by atomic mass is 32.1. The normalized spacial score (nSPS) is 10.7.